The molecule has 0 atom stereocenters. The second-order valence-electron chi connectivity index (χ2n) is 1.27. The fourth-order valence-corrected chi connectivity index (χ4v) is 0.268. The maximum atomic E-state index is 10.3. The van der Waals surface area contributed by atoms with Gasteiger partial charge >= 0.3 is 5.97 Å². The number of nitrogens with zero attached hydrogens (tertiary/aromatic N) is 1. The van der Waals surface area contributed by atoms with Crippen molar-refractivity contribution in [2.45, 2.75) is 6.92 Å². The van der Waals surface area contributed by atoms with Crippen molar-refractivity contribution in [3.63, 3.8) is 0 Å². The van der Waals surface area contributed by atoms with Gasteiger partial charge in [-0.15, -0.1) is 0 Å². The van der Waals surface area contributed by atoms with Gasteiger partial charge in [-0.3, -0.25) is 4.79 Å². The summed E-state index contributed by atoms with van der Waals surface area (Å²) in [4.78, 5) is 10.3. The zero-order valence-corrected chi connectivity index (χ0v) is 5.18. The summed E-state index contributed by atoms with van der Waals surface area (Å²) in [6.45, 7) is 2.74. The minimum atomic E-state index is -0.271. The minimum absolute atomic E-state index is 0.188. The Kier molecular flexibility index (Phi) is 4.26. The monoisotopic (exact) mass is 116 g/mol. The second-order valence-corrected chi connectivity index (χ2v) is 1.27. The molecule has 0 saturated heterocycles. The fraction of sp³-hybridized carbons (Fsp3) is 0.800. The number of hydrogen-bond acceptors (Lipinski definition) is 2. The largest absolute Gasteiger partial charge is 0.468 e. The normalized spacial score (nSPS) is 8.75. The molecule has 3 nitrogen and oxygen atoms in total. The Morgan fingerprint density at radius 1 is 1.75 bits per heavy atom. The Hall–Kier alpha value is -0.570. The smallest absolute Gasteiger partial charge is 0.321 e. The highest BCUT2D eigenvalue weighted by atomic mass is 16.5. The molecule has 0 spiro atoms. The molecule has 0 N–H and O–H groups in total. The van der Waals surface area contributed by atoms with Crippen LogP contribution < -0.4 is 5.32 Å². The first kappa shape index (κ1) is 7.43. The molecule has 0 rings (SSSR count). The van der Waals surface area contributed by atoms with E-state index in [1.807, 2.05) is 6.92 Å². The number of hydrogen-bond donors (Lipinski definition) is 0. The van der Waals surface area contributed by atoms with Gasteiger partial charge in [0.1, 0.15) is 6.54 Å². The van der Waals surface area contributed by atoms with Crippen molar-refractivity contribution < 1.29 is 9.53 Å². The highest BCUT2D eigenvalue weighted by Gasteiger charge is 1.95. The summed E-state index contributed by atoms with van der Waals surface area (Å²) >= 11 is 0. The number of esters is 1. The Bertz CT molecular complexity index is 72.8. The lowest BCUT2D eigenvalue weighted by molar-refractivity contribution is -0.139. The molecular weight excluding hydrogens is 106 g/mol. The van der Waals surface area contributed by atoms with Crippen molar-refractivity contribution in [1.29, 1.82) is 0 Å². The summed E-state index contributed by atoms with van der Waals surface area (Å²) in [5.41, 5.74) is 0. The number of ether oxygens (including phenoxy) is 1. The molecule has 1 radical (unpaired) electrons. The molecule has 0 aromatic carbocycles. The summed E-state index contributed by atoms with van der Waals surface area (Å²) in [6.07, 6.45) is 0. The molecule has 0 aromatic heterocycles. The van der Waals surface area contributed by atoms with E-state index in [-0.39, 0.29) is 12.5 Å². The zero-order valence-electron chi connectivity index (χ0n) is 5.18. The minimum Gasteiger partial charge on any atom is -0.468 e. The van der Waals surface area contributed by atoms with Crippen LogP contribution in [0, 0.1) is 0 Å². The molecule has 0 aliphatic carbocycles. The van der Waals surface area contributed by atoms with Crippen LogP contribution in [0.5, 0.6) is 0 Å². The number of likely N-dealkylation sites (N-methyl/N-ethyl adjacent to an activating group) is 1. The van der Waals surface area contributed by atoms with E-state index in [1.54, 1.807) is 0 Å². The van der Waals surface area contributed by atoms with Crippen LogP contribution in [0.15, 0.2) is 0 Å². The molecule has 0 saturated carbocycles. The second kappa shape index (κ2) is 4.59. The van der Waals surface area contributed by atoms with Crippen molar-refractivity contribution in [2.75, 3.05) is 20.2 Å². The van der Waals surface area contributed by atoms with Crippen LogP contribution in [0.4, 0.5) is 0 Å². The van der Waals surface area contributed by atoms with E-state index in [2.05, 4.69) is 10.1 Å². The Balaban J connectivity index is 2.99. The van der Waals surface area contributed by atoms with Crippen molar-refractivity contribution in [2.24, 2.45) is 0 Å². The lowest BCUT2D eigenvalue weighted by Gasteiger charge is -1.94. The number of methoxy groups -OCH3 is 1. The predicted octanol–water partition coefficient (Wildman–Crippen LogP) is -0.216. The summed E-state index contributed by atoms with van der Waals surface area (Å²) in [5, 5.41) is 3.77. The Morgan fingerprint density at radius 3 is 2.75 bits per heavy atom. The SMILES string of the molecule is CC[N]CC(=O)OC. The van der Waals surface area contributed by atoms with Gasteiger partial charge in [0.15, 0.2) is 0 Å². The molecular formula is C5H10NO2. The third-order valence-electron chi connectivity index (χ3n) is 0.692. The molecule has 3 heteroatoms. The van der Waals surface area contributed by atoms with Gasteiger partial charge in [0, 0.05) is 6.54 Å². The van der Waals surface area contributed by atoms with Gasteiger partial charge < -0.3 is 4.74 Å². The predicted molar refractivity (Wildman–Crippen MR) is 29.6 cm³/mol. The first-order valence-electron chi connectivity index (χ1n) is 2.51. The molecule has 0 bridgehead atoms. The standard InChI is InChI=1S/C5H10NO2/c1-3-6-4-5(7)8-2/h3-4H2,1-2H3. The van der Waals surface area contributed by atoms with Crippen molar-refractivity contribution >= 4 is 5.97 Å². The topological polar surface area (TPSA) is 40.4 Å². The van der Waals surface area contributed by atoms with E-state index >= 15 is 0 Å². The zero-order chi connectivity index (χ0) is 6.41. The maximum Gasteiger partial charge on any atom is 0.321 e. The van der Waals surface area contributed by atoms with E-state index in [9.17, 15) is 4.79 Å². The first-order valence-corrected chi connectivity index (χ1v) is 2.51. The molecule has 0 unspecified atom stereocenters. The van der Waals surface area contributed by atoms with E-state index < -0.39 is 0 Å². The van der Waals surface area contributed by atoms with Crippen LogP contribution in [0.1, 0.15) is 6.92 Å². The molecule has 0 aliphatic rings. The maximum absolute atomic E-state index is 10.3. The van der Waals surface area contributed by atoms with Crippen LogP contribution >= 0.6 is 0 Å². The van der Waals surface area contributed by atoms with Crippen molar-refractivity contribution in [1.82, 2.24) is 5.32 Å². The Labute approximate surface area is 49.0 Å². The number of carbonyl (C=O) groups excluding carboxylic acids is 1. The van der Waals surface area contributed by atoms with Gasteiger partial charge in [-0.05, 0) is 0 Å². The highest BCUT2D eigenvalue weighted by molar-refractivity contribution is 5.71. The van der Waals surface area contributed by atoms with E-state index in [1.165, 1.54) is 7.11 Å². The van der Waals surface area contributed by atoms with Gasteiger partial charge in [-0.25, -0.2) is 5.32 Å². The summed E-state index contributed by atoms with van der Waals surface area (Å²) < 4.78 is 4.32. The lowest BCUT2D eigenvalue weighted by atomic mass is 10.6. The number of carbonyl (C=O) groups is 1. The van der Waals surface area contributed by atoms with Crippen molar-refractivity contribution in [3.8, 4) is 0 Å². The third-order valence-corrected chi connectivity index (χ3v) is 0.692. The van der Waals surface area contributed by atoms with Crippen LogP contribution in [-0.4, -0.2) is 26.2 Å². The van der Waals surface area contributed by atoms with Gasteiger partial charge in [0.05, 0.1) is 7.11 Å². The average molecular weight is 116 g/mol. The highest BCUT2D eigenvalue weighted by Crippen LogP contribution is 1.69. The molecule has 47 valence electrons. The van der Waals surface area contributed by atoms with E-state index in [0.29, 0.717) is 6.54 Å². The third kappa shape index (κ3) is 3.61. The first-order chi connectivity index (χ1) is 3.81. The molecule has 0 heterocycles. The number of rotatable bonds is 3. The van der Waals surface area contributed by atoms with E-state index in [0.717, 1.165) is 0 Å². The average Bonchev–Trinajstić information content (AvgIpc) is 1.83. The van der Waals surface area contributed by atoms with Gasteiger partial charge in [0.25, 0.3) is 0 Å². The van der Waals surface area contributed by atoms with Crippen molar-refractivity contribution in [3.05, 3.63) is 0 Å². The van der Waals surface area contributed by atoms with Gasteiger partial charge in [-0.1, -0.05) is 6.92 Å². The molecule has 0 aromatic rings. The van der Waals surface area contributed by atoms with Gasteiger partial charge in [0.2, 0.25) is 0 Å². The van der Waals surface area contributed by atoms with Gasteiger partial charge in [-0.2, -0.15) is 0 Å². The van der Waals surface area contributed by atoms with E-state index in [4.69, 9.17) is 0 Å². The molecule has 0 amide bonds. The molecule has 0 aliphatic heterocycles. The summed E-state index contributed by atoms with van der Waals surface area (Å²) in [7, 11) is 1.35. The summed E-state index contributed by atoms with van der Waals surface area (Å²) in [5.74, 6) is -0.271. The summed E-state index contributed by atoms with van der Waals surface area (Å²) in [6, 6.07) is 0. The molecule has 0 fully saturated rings. The fourth-order valence-electron chi connectivity index (χ4n) is 0.268. The molecule has 8 heavy (non-hydrogen) atoms. The van der Waals surface area contributed by atoms with Crippen LogP contribution in [0.3, 0.4) is 0 Å². The Morgan fingerprint density at radius 2 is 2.38 bits per heavy atom. The van der Waals surface area contributed by atoms with Crippen LogP contribution in [-0.2, 0) is 9.53 Å². The van der Waals surface area contributed by atoms with Crippen LogP contribution in [0.25, 0.3) is 0 Å². The lowest BCUT2D eigenvalue weighted by Crippen LogP contribution is -2.16. The van der Waals surface area contributed by atoms with Crippen LogP contribution in [0.2, 0.25) is 0 Å². The quantitative estimate of drug-likeness (QED) is 0.478.